The van der Waals surface area contributed by atoms with E-state index in [1.54, 1.807) is 6.07 Å². The molecule has 1 fully saturated rings. The van der Waals surface area contributed by atoms with Crippen LogP contribution < -0.4 is 0 Å². The number of ketones is 1. The topological polar surface area (TPSA) is 129 Å². The second-order valence-electron chi connectivity index (χ2n) is 14.6. The predicted molar refractivity (Wildman–Crippen MR) is 181 cm³/mol. The Balaban J connectivity index is 1.23. The van der Waals surface area contributed by atoms with E-state index in [1.165, 1.54) is 40.3 Å². The Morgan fingerprint density at radius 2 is 1.82 bits per heavy atom. The Labute approximate surface area is 290 Å². The summed E-state index contributed by atoms with van der Waals surface area (Å²) in [6, 6.07) is 2.82. The predicted octanol–water partition coefficient (Wildman–Crippen LogP) is 6.29. The summed E-state index contributed by atoms with van der Waals surface area (Å²) < 4.78 is 44.0. The molecule has 0 spiro atoms. The summed E-state index contributed by atoms with van der Waals surface area (Å²) in [4.78, 5) is 45.2. The van der Waals surface area contributed by atoms with Gasteiger partial charge in [0.05, 0.1) is 27.6 Å². The van der Waals surface area contributed by atoms with Crippen molar-refractivity contribution in [2.24, 2.45) is 0 Å². The van der Waals surface area contributed by atoms with E-state index in [1.807, 2.05) is 13.8 Å². The second kappa shape index (κ2) is 13.8. The van der Waals surface area contributed by atoms with Crippen molar-refractivity contribution >= 4 is 43.2 Å². The summed E-state index contributed by atoms with van der Waals surface area (Å²) in [6.45, 7) is 14.0. The van der Waals surface area contributed by atoms with E-state index in [9.17, 15) is 14.4 Å². The number of tetrazole rings is 1. The Morgan fingerprint density at radius 1 is 1.08 bits per heavy atom. The Kier molecular flexibility index (Phi) is 10.2. The first-order chi connectivity index (χ1) is 22.9. The number of halogens is 3. The molecule has 3 aromatic rings. The number of carbonyl (C=O) groups excluding carboxylic acids is 3. The highest BCUT2D eigenvalue weighted by Crippen LogP contribution is 2.41. The van der Waals surface area contributed by atoms with Crippen LogP contribution in [0, 0.1) is 11.6 Å². The van der Waals surface area contributed by atoms with Gasteiger partial charge in [-0.2, -0.15) is 4.68 Å². The molecule has 0 radical (unpaired) electrons. The van der Waals surface area contributed by atoms with Crippen molar-refractivity contribution in [1.29, 1.82) is 0 Å². The smallest absolute Gasteiger partial charge is 0.329 e. The van der Waals surface area contributed by atoms with E-state index in [0.29, 0.717) is 24.1 Å². The lowest BCUT2D eigenvalue weighted by molar-refractivity contribution is -0.152. The number of aromatic nitrogens is 5. The van der Waals surface area contributed by atoms with Crippen LogP contribution in [0.1, 0.15) is 81.9 Å². The van der Waals surface area contributed by atoms with Gasteiger partial charge in [-0.3, -0.25) is 14.6 Å². The fourth-order valence-electron chi connectivity index (χ4n) is 6.17. The van der Waals surface area contributed by atoms with E-state index in [4.69, 9.17) is 20.8 Å². The van der Waals surface area contributed by atoms with Crippen LogP contribution in [0.5, 0.6) is 0 Å². The van der Waals surface area contributed by atoms with Crippen LogP contribution in [0.3, 0.4) is 0 Å². The third-order valence-electron chi connectivity index (χ3n) is 9.68. The average molecular weight is 715 g/mol. The first kappa shape index (κ1) is 36.4. The molecule has 49 heavy (non-hydrogen) atoms. The van der Waals surface area contributed by atoms with Gasteiger partial charge in [-0.15, -0.1) is 5.10 Å². The minimum atomic E-state index is -2.08. The van der Waals surface area contributed by atoms with E-state index in [2.05, 4.69) is 54.4 Å². The third-order valence-corrected chi connectivity index (χ3v) is 14.6. The zero-order valence-electron chi connectivity index (χ0n) is 28.7. The first-order valence-corrected chi connectivity index (χ1v) is 19.5. The quantitative estimate of drug-likeness (QED) is 0.128. The summed E-state index contributed by atoms with van der Waals surface area (Å²) in [5.41, 5.74) is 0.154. The number of pyridine rings is 1. The summed E-state index contributed by atoms with van der Waals surface area (Å²) in [5, 5.41) is 10.9. The molecule has 1 aromatic carbocycles. The number of esters is 1. The van der Waals surface area contributed by atoms with Crippen LogP contribution in [0.15, 0.2) is 36.8 Å². The fraction of sp³-hybridized carbons (Fsp3) is 0.500. The molecular formula is C34H41ClF2N6O5Si. The Morgan fingerprint density at radius 3 is 2.49 bits per heavy atom. The van der Waals surface area contributed by atoms with Crippen molar-refractivity contribution < 1.29 is 32.3 Å². The molecule has 0 unspecified atom stereocenters. The largest absolute Gasteiger partial charge is 0.456 e. The van der Waals surface area contributed by atoms with Crippen LogP contribution >= 0.6 is 11.6 Å². The molecule has 15 heteroatoms. The normalized spacial score (nSPS) is 18.4. The number of aryl methyl sites for hydroxylation is 1. The van der Waals surface area contributed by atoms with Crippen molar-refractivity contribution in [2.45, 2.75) is 103 Å². The maximum Gasteiger partial charge on any atom is 0.329 e. The van der Waals surface area contributed by atoms with Crippen LogP contribution in [0.25, 0.3) is 11.3 Å². The molecule has 4 heterocycles. The van der Waals surface area contributed by atoms with Crippen LogP contribution in [0.2, 0.25) is 23.2 Å². The number of rotatable bonds is 11. The van der Waals surface area contributed by atoms with E-state index in [0.717, 1.165) is 0 Å². The number of hydrogen-bond donors (Lipinski definition) is 0. The molecule has 5 rings (SSSR count). The maximum absolute atomic E-state index is 15.5. The van der Waals surface area contributed by atoms with Crippen molar-refractivity contribution in [3.8, 4) is 5.69 Å². The van der Waals surface area contributed by atoms with Gasteiger partial charge >= 0.3 is 5.97 Å². The van der Waals surface area contributed by atoms with Crippen LogP contribution in [-0.4, -0.2) is 80.4 Å². The summed E-state index contributed by atoms with van der Waals surface area (Å²) in [6.07, 6.45) is 5.63. The van der Waals surface area contributed by atoms with Gasteiger partial charge in [0.25, 0.3) is 0 Å². The number of carbonyl (C=O) groups is 3. The SMILES string of the molecule is CC(C)(CCc1nccc(C(=O)COC(=O)[C@@H]2CC[C@@H]3CC(c4c(-n5cnnn5)ccc(Cl)c4F)=CC(=O)N32)c1F)O[Si](C)(C)C(C)(C)C. The number of benzene rings is 1. The summed E-state index contributed by atoms with van der Waals surface area (Å²) in [7, 11) is -2.08. The molecule has 0 N–H and O–H groups in total. The molecular weight excluding hydrogens is 674 g/mol. The lowest BCUT2D eigenvalue weighted by Crippen LogP contribution is -2.47. The van der Waals surface area contributed by atoms with E-state index >= 15 is 8.78 Å². The molecule has 0 saturated carbocycles. The van der Waals surface area contributed by atoms with Gasteiger partial charge in [-0.25, -0.2) is 13.6 Å². The van der Waals surface area contributed by atoms with E-state index in [-0.39, 0.29) is 46.1 Å². The van der Waals surface area contributed by atoms with Gasteiger partial charge in [-0.1, -0.05) is 32.4 Å². The number of Topliss-reactive ketones (excluding diaryl/α,β-unsaturated/α-hetero) is 1. The van der Waals surface area contributed by atoms with Crippen molar-refractivity contribution in [2.75, 3.05) is 6.61 Å². The standard InChI is InChI=1S/C34H41ClF2N6O5Si/c1-33(2,3)49(6,7)48-34(4,5)14-12-24-30(36)22(13-15-38-24)27(44)18-47-32(46)26-10-8-21-16-20(17-28(45)43(21)26)29-25(42-19-39-40-41-42)11-9-23(35)31(29)37/h9,11,13,15,17,19,21,26H,8,10,12,14,16,18H2,1-7H3/t21-,26+/m1/s1. The van der Waals surface area contributed by atoms with E-state index < -0.39 is 61.9 Å². The number of hydrogen-bond acceptors (Lipinski definition) is 9. The monoisotopic (exact) mass is 714 g/mol. The zero-order chi connectivity index (χ0) is 35.9. The molecule has 2 aliphatic heterocycles. The average Bonchev–Trinajstić information content (AvgIpc) is 3.70. The number of fused-ring (bicyclic) bond motifs is 1. The number of amides is 1. The molecule has 0 aliphatic carbocycles. The first-order valence-electron chi connectivity index (χ1n) is 16.2. The van der Waals surface area contributed by atoms with Crippen molar-refractivity contribution in [1.82, 2.24) is 30.1 Å². The summed E-state index contributed by atoms with van der Waals surface area (Å²) >= 11 is 6.09. The van der Waals surface area contributed by atoms with Crippen LogP contribution in [0.4, 0.5) is 8.78 Å². The minimum absolute atomic E-state index is 0.00943. The molecule has 2 atom stereocenters. The molecule has 262 valence electrons. The molecule has 1 saturated heterocycles. The van der Waals surface area contributed by atoms with Crippen molar-refractivity contribution in [3.63, 3.8) is 0 Å². The lowest BCUT2D eigenvalue weighted by Gasteiger charge is -2.43. The van der Waals surface area contributed by atoms with Gasteiger partial charge in [0.2, 0.25) is 11.7 Å². The molecule has 0 bridgehead atoms. The van der Waals surface area contributed by atoms with Gasteiger partial charge in [-0.05, 0) is 98.3 Å². The van der Waals surface area contributed by atoms with Crippen molar-refractivity contribution in [3.05, 3.63) is 70.3 Å². The number of nitrogens with zero attached hydrogens (tertiary/aromatic N) is 6. The molecule has 2 aliphatic rings. The van der Waals surface area contributed by atoms with Gasteiger partial charge < -0.3 is 14.1 Å². The highest BCUT2D eigenvalue weighted by Gasteiger charge is 2.45. The molecule has 2 aromatic heterocycles. The second-order valence-corrected chi connectivity index (χ2v) is 19.8. The maximum atomic E-state index is 15.5. The van der Waals surface area contributed by atoms with Crippen LogP contribution in [-0.2, 0) is 25.2 Å². The highest BCUT2D eigenvalue weighted by molar-refractivity contribution is 6.74. The van der Waals surface area contributed by atoms with Gasteiger partial charge in [0.1, 0.15) is 12.4 Å². The minimum Gasteiger partial charge on any atom is -0.456 e. The third kappa shape index (κ3) is 7.65. The molecule has 1 amide bonds. The fourth-order valence-corrected chi connectivity index (χ4v) is 8.12. The lowest BCUT2D eigenvalue weighted by atomic mass is 9.92. The Bertz CT molecular complexity index is 1790. The van der Waals surface area contributed by atoms with Gasteiger partial charge in [0, 0.05) is 23.9 Å². The number of ether oxygens (including phenoxy) is 1. The Hall–Kier alpha value is -3.88. The molecule has 11 nitrogen and oxygen atoms in total. The zero-order valence-corrected chi connectivity index (χ0v) is 30.5. The summed E-state index contributed by atoms with van der Waals surface area (Å²) in [5.74, 6) is -3.48. The van der Waals surface area contributed by atoms with Gasteiger partial charge in [0.15, 0.2) is 26.6 Å². The highest BCUT2D eigenvalue weighted by atomic mass is 35.5.